The highest BCUT2D eigenvalue weighted by atomic mass is 15.1. The maximum Gasteiger partial charge on any atom is 0.166 e. The largest absolute Gasteiger partial charge is 0.309 e. The Morgan fingerprint density at radius 3 is 1.10 bits per heavy atom. The van der Waals surface area contributed by atoms with Crippen LogP contribution in [0.3, 0.4) is 0 Å². The van der Waals surface area contributed by atoms with Crippen molar-refractivity contribution in [2.24, 2.45) is 0 Å². The molecule has 0 saturated carbocycles. The van der Waals surface area contributed by atoms with Gasteiger partial charge in [0.2, 0.25) is 0 Å². The smallest absolute Gasteiger partial charge is 0.166 e. The number of para-hydroxylation sites is 6. The van der Waals surface area contributed by atoms with Gasteiger partial charge in [0.25, 0.3) is 0 Å². The maximum absolute atomic E-state index is 10.7. The van der Waals surface area contributed by atoms with Crippen molar-refractivity contribution >= 4 is 87.2 Å². The van der Waals surface area contributed by atoms with E-state index in [0.29, 0.717) is 23.0 Å². The third-order valence-corrected chi connectivity index (χ3v) is 18.1. The SMILES string of the molecule is N#Cc1ccccc1-c1ccc(-n2c3ccccc3c3cc(-n4c5ccccc5c5ccccc54)ccc32)c(-c2cccc(-n3c4ccccc4c4cc(-n5c6ccccc6c6ccccc65)ccc43)c2-c2nc(-c3ccccc3)nc(-c3ccccc3)n2)c1. The molecule has 0 saturated heterocycles. The minimum absolute atomic E-state index is 0.507. The Bertz CT molecular complexity index is 5830. The van der Waals surface area contributed by atoms with Crippen LogP contribution in [0, 0.1) is 11.3 Å². The first-order valence-corrected chi connectivity index (χ1v) is 30.3. The average molecular weight is 1150 g/mol. The Kier molecular flexibility index (Phi) is 11.5. The Morgan fingerprint density at radius 1 is 0.244 bits per heavy atom. The monoisotopic (exact) mass is 1150 g/mol. The van der Waals surface area contributed by atoms with Crippen molar-refractivity contribution in [3.8, 4) is 85.2 Å². The lowest BCUT2D eigenvalue weighted by Crippen LogP contribution is -2.06. The predicted molar refractivity (Wildman–Crippen MR) is 369 cm³/mol. The van der Waals surface area contributed by atoms with Gasteiger partial charge < -0.3 is 18.3 Å². The molecule has 18 aromatic rings. The zero-order chi connectivity index (χ0) is 59.4. The van der Waals surface area contributed by atoms with Crippen LogP contribution in [0.5, 0.6) is 0 Å². The van der Waals surface area contributed by atoms with Gasteiger partial charge in [-0.2, -0.15) is 5.26 Å². The predicted octanol–water partition coefficient (Wildman–Crippen LogP) is 20.5. The Hall–Kier alpha value is -12.4. The van der Waals surface area contributed by atoms with Gasteiger partial charge in [0.1, 0.15) is 0 Å². The molecule has 0 spiro atoms. The van der Waals surface area contributed by atoms with E-state index in [1.54, 1.807) is 0 Å². The molecule has 8 nitrogen and oxygen atoms in total. The molecule has 0 N–H and O–H groups in total. The number of hydrogen-bond donors (Lipinski definition) is 0. The van der Waals surface area contributed by atoms with Gasteiger partial charge in [-0.15, -0.1) is 0 Å². The lowest BCUT2D eigenvalue weighted by Gasteiger charge is -2.21. The topological polar surface area (TPSA) is 82.2 Å². The van der Waals surface area contributed by atoms with Crippen LogP contribution in [0.4, 0.5) is 0 Å². The molecule has 0 aliphatic rings. The highest BCUT2D eigenvalue weighted by molar-refractivity contribution is 6.15. The van der Waals surface area contributed by atoms with E-state index in [1.807, 2.05) is 60.7 Å². The van der Waals surface area contributed by atoms with E-state index in [2.05, 4.69) is 267 Å². The van der Waals surface area contributed by atoms with Gasteiger partial charge in [0.15, 0.2) is 17.5 Å². The lowest BCUT2D eigenvalue weighted by atomic mass is 9.91. The molecule has 0 atom stereocenters. The lowest BCUT2D eigenvalue weighted by molar-refractivity contribution is 1.06. The standard InChI is InChI=1S/C82H50N8/c83-51-55-26-7-8-27-58(55)54-42-45-75(89-73-39-19-13-32-63(73)67-49-56(43-46-76(67)89)87-69-35-15-9-28-59(69)60-29-10-16-36-70(60)87)66(48-54)65-34-21-41-78(79(65)82-85-80(52-22-3-1-4-23-52)84-81(86-82)53-24-5-2-6-25-53)90-74-40-20-14-33-64(74)68-50-57(44-47-77(68)90)88-71-37-17-11-30-61(71)62-31-12-18-38-72(62)88/h1-50H. The first kappa shape index (κ1) is 50.8. The molecule has 18 rings (SSSR count). The summed E-state index contributed by atoms with van der Waals surface area (Å²) in [6, 6.07) is 110. The zero-order valence-corrected chi connectivity index (χ0v) is 48.4. The van der Waals surface area contributed by atoms with E-state index in [0.717, 1.165) is 127 Å². The summed E-state index contributed by atoms with van der Waals surface area (Å²) in [5, 5.41) is 20.1. The summed E-state index contributed by atoms with van der Waals surface area (Å²) in [5.74, 6) is 1.61. The Labute approximate surface area is 516 Å². The minimum atomic E-state index is 0.507. The molecule has 0 unspecified atom stereocenters. The number of hydrogen-bond acceptors (Lipinski definition) is 4. The molecule has 8 heteroatoms. The van der Waals surface area contributed by atoms with E-state index in [-0.39, 0.29) is 0 Å². The van der Waals surface area contributed by atoms with Crippen molar-refractivity contribution in [3.63, 3.8) is 0 Å². The fourth-order valence-electron chi connectivity index (χ4n) is 14.2. The van der Waals surface area contributed by atoms with Gasteiger partial charge in [-0.05, 0) is 114 Å². The van der Waals surface area contributed by atoms with Gasteiger partial charge in [-0.25, -0.2) is 15.0 Å². The molecule has 5 heterocycles. The van der Waals surface area contributed by atoms with Crippen molar-refractivity contribution in [2.75, 3.05) is 0 Å². The van der Waals surface area contributed by atoms with Crippen LogP contribution in [0.15, 0.2) is 303 Å². The fourth-order valence-corrected chi connectivity index (χ4v) is 14.2. The second-order valence-electron chi connectivity index (χ2n) is 23.0. The van der Waals surface area contributed by atoms with Gasteiger partial charge >= 0.3 is 0 Å². The molecule has 0 aliphatic heterocycles. The summed E-state index contributed by atoms with van der Waals surface area (Å²) in [6.07, 6.45) is 0. The van der Waals surface area contributed by atoms with Gasteiger partial charge in [-0.1, -0.05) is 206 Å². The zero-order valence-electron chi connectivity index (χ0n) is 48.4. The highest BCUT2D eigenvalue weighted by Crippen LogP contribution is 2.47. The first-order valence-electron chi connectivity index (χ1n) is 30.3. The average Bonchev–Trinajstić information content (AvgIpc) is 1.54. The van der Waals surface area contributed by atoms with Crippen molar-refractivity contribution in [2.45, 2.75) is 0 Å². The molecule has 0 bridgehead atoms. The molecule has 0 aliphatic carbocycles. The molecule has 90 heavy (non-hydrogen) atoms. The van der Waals surface area contributed by atoms with Crippen LogP contribution in [0.25, 0.3) is 166 Å². The van der Waals surface area contributed by atoms with Crippen molar-refractivity contribution in [1.29, 1.82) is 5.26 Å². The highest BCUT2D eigenvalue weighted by Gasteiger charge is 2.27. The number of nitriles is 1. The molecule has 5 aromatic heterocycles. The number of fused-ring (bicyclic) bond motifs is 12. The molecule has 0 fully saturated rings. The quantitative estimate of drug-likeness (QED) is 0.144. The van der Waals surface area contributed by atoms with Crippen LogP contribution < -0.4 is 0 Å². The summed E-state index contributed by atoms with van der Waals surface area (Å²) >= 11 is 0. The molecule has 0 amide bonds. The van der Waals surface area contributed by atoms with Gasteiger partial charge in [-0.3, -0.25) is 0 Å². The van der Waals surface area contributed by atoms with E-state index in [9.17, 15) is 5.26 Å². The van der Waals surface area contributed by atoms with Crippen LogP contribution in [-0.2, 0) is 0 Å². The molecular weight excluding hydrogens is 1100 g/mol. The van der Waals surface area contributed by atoms with E-state index < -0.39 is 0 Å². The summed E-state index contributed by atoms with van der Waals surface area (Å²) in [5.41, 5.74) is 19.4. The molecule has 13 aromatic carbocycles. The third kappa shape index (κ3) is 7.83. The van der Waals surface area contributed by atoms with E-state index in [1.165, 1.54) is 21.5 Å². The second-order valence-corrected chi connectivity index (χ2v) is 23.0. The number of rotatable bonds is 9. The van der Waals surface area contributed by atoms with Crippen LogP contribution >= 0.6 is 0 Å². The fraction of sp³-hybridized carbons (Fsp3) is 0. The van der Waals surface area contributed by atoms with Crippen LogP contribution in [-0.4, -0.2) is 33.2 Å². The van der Waals surface area contributed by atoms with Crippen LogP contribution in [0.1, 0.15) is 5.56 Å². The van der Waals surface area contributed by atoms with Gasteiger partial charge in [0.05, 0.1) is 72.7 Å². The summed E-state index contributed by atoms with van der Waals surface area (Å²) in [6.45, 7) is 0. The summed E-state index contributed by atoms with van der Waals surface area (Å²) in [7, 11) is 0. The molecule has 0 radical (unpaired) electrons. The van der Waals surface area contributed by atoms with Crippen molar-refractivity contribution in [1.82, 2.24) is 33.2 Å². The van der Waals surface area contributed by atoms with E-state index >= 15 is 0 Å². The number of benzene rings is 13. The maximum atomic E-state index is 10.7. The minimum Gasteiger partial charge on any atom is -0.309 e. The second kappa shape index (κ2) is 20.3. The van der Waals surface area contributed by atoms with Gasteiger partial charge in [0, 0.05) is 71.2 Å². The van der Waals surface area contributed by atoms with Crippen molar-refractivity contribution in [3.05, 3.63) is 309 Å². The van der Waals surface area contributed by atoms with E-state index in [4.69, 9.17) is 15.0 Å². The normalized spacial score (nSPS) is 11.8. The molecule has 418 valence electrons. The first-order chi connectivity index (χ1) is 44.6. The summed E-state index contributed by atoms with van der Waals surface area (Å²) < 4.78 is 9.60. The Morgan fingerprint density at radius 2 is 0.622 bits per heavy atom. The number of aromatic nitrogens is 7. The summed E-state index contributed by atoms with van der Waals surface area (Å²) in [4.78, 5) is 16.5. The molecular formula is C82H50N8. The Balaban J connectivity index is 0.948. The number of nitrogens with zero attached hydrogens (tertiary/aromatic N) is 8. The van der Waals surface area contributed by atoms with Crippen LogP contribution in [0.2, 0.25) is 0 Å². The van der Waals surface area contributed by atoms with Crippen molar-refractivity contribution < 1.29 is 0 Å². The third-order valence-electron chi connectivity index (χ3n) is 18.1.